The van der Waals surface area contributed by atoms with Gasteiger partial charge in [0.25, 0.3) is 5.56 Å². The molecule has 1 aliphatic carbocycles. The van der Waals surface area contributed by atoms with Gasteiger partial charge in [0.05, 0.1) is 29.1 Å². The summed E-state index contributed by atoms with van der Waals surface area (Å²) in [7, 11) is 1.96. The molecule has 202 valence electrons. The predicted octanol–water partition coefficient (Wildman–Crippen LogP) is 2.84. The molecule has 5 rings (SSSR count). The van der Waals surface area contributed by atoms with Gasteiger partial charge in [-0.3, -0.25) is 23.7 Å². The lowest BCUT2D eigenvalue weighted by molar-refractivity contribution is -0.136. The van der Waals surface area contributed by atoms with E-state index in [4.69, 9.17) is 11.6 Å². The SMILES string of the molecule is CN1CCN(C(=O)C2C(C(=O)Nc3ccc(Cl)cc3)C2C(=O)Nc2ccc(-n3ccccc3=O)cc2F)CC1. The highest BCUT2D eigenvalue weighted by molar-refractivity contribution is 6.30. The number of piperazine rings is 1. The van der Waals surface area contributed by atoms with Gasteiger partial charge in [-0.15, -0.1) is 0 Å². The van der Waals surface area contributed by atoms with Gasteiger partial charge >= 0.3 is 0 Å². The molecule has 1 saturated carbocycles. The molecule has 39 heavy (non-hydrogen) atoms. The van der Waals surface area contributed by atoms with Crippen LogP contribution in [-0.2, 0) is 14.4 Å². The van der Waals surface area contributed by atoms with E-state index in [-0.39, 0.29) is 17.2 Å². The zero-order valence-corrected chi connectivity index (χ0v) is 21.9. The summed E-state index contributed by atoms with van der Waals surface area (Å²) in [6.07, 6.45) is 1.51. The van der Waals surface area contributed by atoms with Crippen LogP contribution in [0.1, 0.15) is 0 Å². The first-order valence-corrected chi connectivity index (χ1v) is 12.9. The Morgan fingerprint density at radius 3 is 2.18 bits per heavy atom. The highest BCUT2D eigenvalue weighted by Crippen LogP contribution is 2.49. The zero-order valence-electron chi connectivity index (χ0n) is 21.1. The van der Waals surface area contributed by atoms with Crippen molar-refractivity contribution in [2.45, 2.75) is 0 Å². The van der Waals surface area contributed by atoms with E-state index in [0.717, 1.165) is 6.07 Å². The molecular weight excluding hydrogens is 525 g/mol. The third-order valence-corrected chi connectivity index (χ3v) is 7.40. The Hall–Kier alpha value is -4.02. The highest BCUT2D eigenvalue weighted by Gasteiger charge is 2.63. The number of aromatic nitrogens is 1. The van der Waals surface area contributed by atoms with Gasteiger partial charge in [0.1, 0.15) is 5.82 Å². The molecule has 1 aromatic heterocycles. The molecule has 0 bridgehead atoms. The van der Waals surface area contributed by atoms with Gasteiger partial charge in [-0.05, 0) is 49.5 Å². The highest BCUT2D eigenvalue weighted by atomic mass is 35.5. The standard InChI is InChI=1S/C28H27ClFN5O4/c1-33-12-14-34(15-13-33)28(39)25-23(26(37)31-18-7-5-17(29)6-8-18)24(25)27(38)32-21-10-9-19(16-20(21)30)35-11-3-2-4-22(35)36/h2-11,16,23-25H,12-15H2,1H3,(H,31,37)(H,32,38). The van der Waals surface area contributed by atoms with Crippen molar-refractivity contribution in [3.8, 4) is 5.69 Å². The lowest BCUT2D eigenvalue weighted by Crippen LogP contribution is -2.48. The van der Waals surface area contributed by atoms with E-state index in [0.29, 0.717) is 42.6 Å². The second-order valence-electron chi connectivity index (χ2n) is 9.76. The molecule has 2 fully saturated rings. The van der Waals surface area contributed by atoms with Crippen molar-refractivity contribution < 1.29 is 18.8 Å². The number of benzene rings is 2. The molecule has 2 aromatic carbocycles. The van der Waals surface area contributed by atoms with Crippen LogP contribution in [0.5, 0.6) is 0 Å². The molecule has 2 heterocycles. The first-order valence-electron chi connectivity index (χ1n) is 12.5. The molecule has 3 unspecified atom stereocenters. The lowest BCUT2D eigenvalue weighted by Gasteiger charge is -2.32. The van der Waals surface area contributed by atoms with Crippen molar-refractivity contribution in [1.29, 1.82) is 0 Å². The van der Waals surface area contributed by atoms with Crippen LogP contribution in [0.2, 0.25) is 5.02 Å². The Morgan fingerprint density at radius 2 is 1.54 bits per heavy atom. The molecule has 0 radical (unpaired) electrons. The van der Waals surface area contributed by atoms with Crippen LogP contribution in [0, 0.1) is 23.6 Å². The number of nitrogens with zero attached hydrogens (tertiary/aromatic N) is 3. The maximum absolute atomic E-state index is 15.0. The maximum Gasteiger partial charge on any atom is 0.255 e. The van der Waals surface area contributed by atoms with E-state index >= 15 is 0 Å². The number of nitrogens with one attached hydrogen (secondary N) is 2. The van der Waals surface area contributed by atoms with E-state index in [1.807, 2.05) is 7.05 Å². The van der Waals surface area contributed by atoms with E-state index in [1.165, 1.54) is 29.0 Å². The third-order valence-electron chi connectivity index (χ3n) is 7.15. The van der Waals surface area contributed by atoms with E-state index in [1.54, 1.807) is 41.3 Å². The summed E-state index contributed by atoms with van der Waals surface area (Å²) < 4.78 is 16.2. The number of amides is 3. The largest absolute Gasteiger partial charge is 0.340 e. The number of halogens is 2. The minimum Gasteiger partial charge on any atom is -0.340 e. The molecule has 2 N–H and O–H groups in total. The summed E-state index contributed by atoms with van der Waals surface area (Å²) in [5.41, 5.74) is 0.346. The fraction of sp³-hybridized carbons (Fsp3) is 0.286. The summed E-state index contributed by atoms with van der Waals surface area (Å²) in [4.78, 5) is 55.7. The minimum atomic E-state index is -0.958. The number of hydrogen-bond acceptors (Lipinski definition) is 5. The first-order chi connectivity index (χ1) is 18.7. The van der Waals surface area contributed by atoms with Gasteiger partial charge in [0.15, 0.2) is 0 Å². The van der Waals surface area contributed by atoms with Crippen molar-refractivity contribution >= 4 is 40.7 Å². The van der Waals surface area contributed by atoms with Crippen LogP contribution in [0.3, 0.4) is 0 Å². The van der Waals surface area contributed by atoms with Crippen LogP contribution in [0.4, 0.5) is 15.8 Å². The number of hydrogen-bond donors (Lipinski definition) is 2. The Balaban J connectivity index is 1.34. The summed E-state index contributed by atoms with van der Waals surface area (Å²) in [6, 6.07) is 15.1. The molecule has 3 aromatic rings. The smallest absolute Gasteiger partial charge is 0.255 e. The number of anilines is 2. The average molecular weight is 552 g/mol. The van der Waals surface area contributed by atoms with Crippen molar-refractivity contribution in [3.05, 3.63) is 88.1 Å². The second kappa shape index (κ2) is 11.0. The van der Waals surface area contributed by atoms with Crippen LogP contribution in [-0.4, -0.2) is 65.3 Å². The Kier molecular flexibility index (Phi) is 7.49. The summed E-state index contributed by atoms with van der Waals surface area (Å²) >= 11 is 5.92. The van der Waals surface area contributed by atoms with E-state index < -0.39 is 35.4 Å². The molecule has 3 atom stereocenters. The Labute approximate surface area is 229 Å². The van der Waals surface area contributed by atoms with Crippen molar-refractivity contribution in [1.82, 2.24) is 14.4 Å². The molecule has 3 amide bonds. The number of likely N-dealkylation sites (N-methyl/N-ethyl adjacent to an activating group) is 1. The zero-order chi connectivity index (χ0) is 27.7. The van der Waals surface area contributed by atoms with Crippen molar-refractivity contribution in [2.24, 2.45) is 17.8 Å². The number of pyridine rings is 1. The molecule has 0 spiro atoms. The quantitative estimate of drug-likeness (QED) is 0.490. The van der Waals surface area contributed by atoms with Gasteiger partial charge in [-0.25, -0.2) is 4.39 Å². The monoisotopic (exact) mass is 551 g/mol. The third kappa shape index (κ3) is 5.71. The number of carbonyl (C=O) groups excluding carboxylic acids is 3. The molecule has 11 heteroatoms. The Morgan fingerprint density at radius 1 is 0.872 bits per heavy atom. The minimum absolute atomic E-state index is 0.109. The predicted molar refractivity (Wildman–Crippen MR) is 145 cm³/mol. The Bertz CT molecular complexity index is 1470. The van der Waals surface area contributed by atoms with Crippen LogP contribution in [0.25, 0.3) is 5.69 Å². The second-order valence-corrected chi connectivity index (χ2v) is 10.2. The van der Waals surface area contributed by atoms with Gasteiger partial charge in [-0.2, -0.15) is 0 Å². The maximum atomic E-state index is 15.0. The first kappa shape index (κ1) is 26.6. The normalized spacial score (nSPS) is 20.8. The number of carbonyl (C=O) groups is 3. The summed E-state index contributed by atoms with van der Waals surface area (Å²) in [5.74, 6) is -4.82. The summed E-state index contributed by atoms with van der Waals surface area (Å²) in [5, 5.41) is 5.80. The topological polar surface area (TPSA) is 104 Å². The molecule has 1 saturated heterocycles. The van der Waals surface area contributed by atoms with Crippen LogP contribution in [0.15, 0.2) is 71.7 Å². The van der Waals surface area contributed by atoms with Crippen LogP contribution < -0.4 is 16.2 Å². The van der Waals surface area contributed by atoms with Gasteiger partial charge in [0.2, 0.25) is 17.7 Å². The molecule has 1 aliphatic heterocycles. The van der Waals surface area contributed by atoms with Gasteiger partial charge < -0.3 is 20.4 Å². The van der Waals surface area contributed by atoms with Crippen LogP contribution >= 0.6 is 11.6 Å². The van der Waals surface area contributed by atoms with Gasteiger partial charge in [0, 0.05) is 55.2 Å². The number of rotatable bonds is 6. The fourth-order valence-electron chi connectivity index (χ4n) is 4.88. The average Bonchev–Trinajstić information content (AvgIpc) is 3.68. The van der Waals surface area contributed by atoms with Gasteiger partial charge in [-0.1, -0.05) is 17.7 Å². The summed E-state index contributed by atoms with van der Waals surface area (Å²) in [6.45, 7) is 2.39. The van der Waals surface area contributed by atoms with Crippen molar-refractivity contribution in [2.75, 3.05) is 43.9 Å². The van der Waals surface area contributed by atoms with E-state index in [2.05, 4.69) is 15.5 Å². The fourth-order valence-corrected chi connectivity index (χ4v) is 5.01. The van der Waals surface area contributed by atoms with Crippen molar-refractivity contribution in [3.63, 3.8) is 0 Å². The molecule has 2 aliphatic rings. The van der Waals surface area contributed by atoms with E-state index in [9.17, 15) is 23.6 Å². The molecular formula is C28H27ClFN5O4. The molecule has 9 nitrogen and oxygen atoms in total. The lowest BCUT2D eigenvalue weighted by atomic mass is 10.2.